The van der Waals surface area contributed by atoms with E-state index in [-0.39, 0.29) is 16.2 Å². The molecule has 0 atom stereocenters. The maximum Gasteiger partial charge on any atom is 0.273 e. The van der Waals surface area contributed by atoms with Gasteiger partial charge in [-0.1, -0.05) is 34.8 Å². The highest BCUT2D eigenvalue weighted by Gasteiger charge is 2.33. The number of ether oxygens (including phenoxy) is 1. The number of carbonyl (C=O) groups excluding carboxylic acids is 1. The first-order chi connectivity index (χ1) is 15.7. The summed E-state index contributed by atoms with van der Waals surface area (Å²) in [6.07, 6.45) is 5.08. The van der Waals surface area contributed by atoms with E-state index < -0.39 is 15.9 Å². The Bertz CT molecular complexity index is 1090. The Morgan fingerprint density at radius 1 is 0.970 bits per heavy atom. The van der Waals surface area contributed by atoms with E-state index in [0.29, 0.717) is 33.3 Å². The SMILES string of the molecule is O=C(NS(=O)(=O)c1ccc(Cl)s1)C1CCC(N2CCC(Oc3ccc(Cl)c(Cl)c3)CC2)CC1. The molecule has 1 saturated heterocycles. The number of benzene rings is 1. The summed E-state index contributed by atoms with van der Waals surface area (Å²) in [5, 5.41) is 0.996. The average Bonchev–Trinajstić information content (AvgIpc) is 3.24. The smallest absolute Gasteiger partial charge is 0.273 e. The van der Waals surface area contributed by atoms with Crippen molar-refractivity contribution in [2.75, 3.05) is 13.1 Å². The summed E-state index contributed by atoms with van der Waals surface area (Å²) in [6.45, 7) is 1.86. The molecular formula is C22H25Cl3N2O4S2. The van der Waals surface area contributed by atoms with E-state index in [9.17, 15) is 13.2 Å². The second-order valence-corrected chi connectivity index (χ2v) is 12.9. The molecule has 0 bridgehead atoms. The van der Waals surface area contributed by atoms with Gasteiger partial charge < -0.3 is 9.64 Å². The molecule has 6 nitrogen and oxygen atoms in total. The molecule has 1 amide bonds. The van der Waals surface area contributed by atoms with Gasteiger partial charge in [-0.05, 0) is 62.8 Å². The van der Waals surface area contributed by atoms with Crippen molar-refractivity contribution in [2.45, 2.75) is 54.9 Å². The Morgan fingerprint density at radius 2 is 1.67 bits per heavy atom. The van der Waals surface area contributed by atoms with Crippen molar-refractivity contribution in [2.24, 2.45) is 5.92 Å². The molecule has 1 aromatic carbocycles. The third kappa shape index (κ3) is 6.35. The van der Waals surface area contributed by atoms with Crippen molar-refractivity contribution in [1.82, 2.24) is 9.62 Å². The lowest BCUT2D eigenvalue weighted by atomic mass is 9.84. The van der Waals surface area contributed by atoms with Crippen molar-refractivity contribution >= 4 is 62.1 Å². The molecule has 1 aliphatic heterocycles. The molecule has 4 rings (SSSR count). The molecule has 0 unspecified atom stereocenters. The van der Waals surface area contributed by atoms with Gasteiger partial charge in [0.15, 0.2) is 0 Å². The van der Waals surface area contributed by atoms with Crippen LogP contribution in [0.5, 0.6) is 5.75 Å². The van der Waals surface area contributed by atoms with Crippen LogP contribution in [-0.2, 0) is 14.8 Å². The Kier molecular flexibility index (Phi) is 8.14. The van der Waals surface area contributed by atoms with Crippen LogP contribution in [0.2, 0.25) is 14.4 Å². The molecular weight excluding hydrogens is 527 g/mol. The third-order valence-corrected chi connectivity index (χ3v) is 10.1. The normalized spacial score (nSPS) is 22.8. The number of amides is 1. The predicted octanol–water partition coefficient (Wildman–Crippen LogP) is 5.62. The first kappa shape index (κ1) is 25.1. The van der Waals surface area contributed by atoms with E-state index in [1.165, 1.54) is 12.1 Å². The van der Waals surface area contributed by atoms with Crippen LogP contribution in [0.4, 0.5) is 0 Å². The van der Waals surface area contributed by atoms with E-state index in [1.807, 2.05) is 6.07 Å². The molecule has 2 aromatic rings. The lowest BCUT2D eigenvalue weighted by Crippen LogP contribution is -2.46. The number of hydrogen-bond donors (Lipinski definition) is 1. The van der Waals surface area contributed by atoms with E-state index in [2.05, 4.69) is 9.62 Å². The number of nitrogens with one attached hydrogen (secondary N) is 1. The molecule has 0 radical (unpaired) electrons. The minimum Gasteiger partial charge on any atom is -0.490 e. The molecule has 2 aliphatic rings. The third-order valence-electron chi connectivity index (χ3n) is 6.30. The Balaban J connectivity index is 1.22. The highest BCUT2D eigenvalue weighted by atomic mass is 35.5. The van der Waals surface area contributed by atoms with Gasteiger partial charge in [0, 0.05) is 31.1 Å². The number of piperidine rings is 1. The molecule has 1 saturated carbocycles. The van der Waals surface area contributed by atoms with Gasteiger partial charge in [0.05, 0.1) is 14.4 Å². The van der Waals surface area contributed by atoms with Crippen LogP contribution in [0.25, 0.3) is 0 Å². The summed E-state index contributed by atoms with van der Waals surface area (Å²) in [4.78, 5) is 15.0. The molecule has 180 valence electrons. The van der Waals surface area contributed by atoms with E-state index >= 15 is 0 Å². The van der Waals surface area contributed by atoms with E-state index in [0.717, 1.165) is 55.9 Å². The van der Waals surface area contributed by atoms with Crippen LogP contribution in [0.15, 0.2) is 34.5 Å². The van der Waals surface area contributed by atoms with Gasteiger partial charge in [0.25, 0.3) is 10.0 Å². The zero-order valence-corrected chi connectivity index (χ0v) is 21.7. The highest BCUT2D eigenvalue weighted by molar-refractivity contribution is 7.92. The van der Waals surface area contributed by atoms with Gasteiger partial charge in [-0.15, -0.1) is 11.3 Å². The number of thiophene rings is 1. The number of sulfonamides is 1. The summed E-state index contributed by atoms with van der Waals surface area (Å²) in [5.74, 6) is 0.0165. The topological polar surface area (TPSA) is 75.7 Å². The Labute approximate surface area is 213 Å². The first-order valence-electron chi connectivity index (χ1n) is 10.9. The van der Waals surface area contributed by atoms with Gasteiger partial charge in [0.1, 0.15) is 16.1 Å². The molecule has 2 heterocycles. The zero-order valence-electron chi connectivity index (χ0n) is 17.8. The number of carbonyl (C=O) groups is 1. The lowest BCUT2D eigenvalue weighted by molar-refractivity contribution is -0.124. The van der Waals surface area contributed by atoms with Crippen LogP contribution in [0.1, 0.15) is 38.5 Å². The van der Waals surface area contributed by atoms with Gasteiger partial charge in [0.2, 0.25) is 5.91 Å². The zero-order chi connectivity index (χ0) is 23.6. The summed E-state index contributed by atoms with van der Waals surface area (Å²) >= 11 is 18.8. The van der Waals surface area contributed by atoms with Crippen LogP contribution in [0.3, 0.4) is 0 Å². The molecule has 1 N–H and O–H groups in total. The molecule has 2 fully saturated rings. The quantitative estimate of drug-likeness (QED) is 0.505. The van der Waals surface area contributed by atoms with Gasteiger partial charge in [-0.25, -0.2) is 13.1 Å². The average molecular weight is 552 g/mol. The summed E-state index contributed by atoms with van der Waals surface area (Å²) in [7, 11) is -3.86. The first-order valence-corrected chi connectivity index (χ1v) is 14.3. The number of nitrogens with zero attached hydrogens (tertiary/aromatic N) is 1. The minimum atomic E-state index is -3.86. The second-order valence-electron chi connectivity index (χ2n) is 8.46. The van der Waals surface area contributed by atoms with Crippen LogP contribution in [-0.4, -0.2) is 44.5 Å². The monoisotopic (exact) mass is 550 g/mol. The number of rotatable bonds is 6. The Hall–Kier alpha value is -1.03. The van der Waals surface area contributed by atoms with Crippen LogP contribution in [0, 0.1) is 5.92 Å². The van der Waals surface area contributed by atoms with Crippen molar-refractivity contribution in [3.05, 3.63) is 44.7 Å². The van der Waals surface area contributed by atoms with Gasteiger partial charge in [-0.3, -0.25) is 4.79 Å². The van der Waals surface area contributed by atoms with Crippen molar-refractivity contribution in [1.29, 1.82) is 0 Å². The standard InChI is InChI=1S/C22H25Cl3N2O4S2/c23-18-6-5-17(13-19(18)24)31-16-9-11-27(12-10-16)15-3-1-14(2-4-15)22(28)26-33(29,30)21-8-7-20(25)32-21/h5-8,13-16H,1-4,9-12H2,(H,26,28). The molecule has 1 aromatic heterocycles. The predicted molar refractivity (Wildman–Crippen MR) is 132 cm³/mol. The fraction of sp³-hybridized carbons (Fsp3) is 0.500. The van der Waals surface area contributed by atoms with E-state index in [4.69, 9.17) is 39.5 Å². The van der Waals surface area contributed by atoms with E-state index in [1.54, 1.807) is 12.1 Å². The highest BCUT2D eigenvalue weighted by Crippen LogP contribution is 2.32. The lowest BCUT2D eigenvalue weighted by Gasteiger charge is -2.40. The molecule has 11 heteroatoms. The molecule has 0 spiro atoms. The summed E-state index contributed by atoms with van der Waals surface area (Å²) < 4.78 is 33.5. The van der Waals surface area contributed by atoms with Crippen LogP contribution >= 0.6 is 46.1 Å². The number of halogens is 3. The summed E-state index contributed by atoms with van der Waals surface area (Å²) in [5.41, 5.74) is 0. The fourth-order valence-electron chi connectivity index (χ4n) is 4.51. The minimum absolute atomic E-state index is 0.0560. The summed E-state index contributed by atoms with van der Waals surface area (Å²) in [6, 6.07) is 8.65. The second kappa shape index (κ2) is 10.7. The van der Waals surface area contributed by atoms with Crippen molar-refractivity contribution in [3.63, 3.8) is 0 Å². The van der Waals surface area contributed by atoms with Crippen molar-refractivity contribution in [3.8, 4) is 5.75 Å². The Morgan fingerprint density at radius 3 is 2.27 bits per heavy atom. The molecule has 33 heavy (non-hydrogen) atoms. The van der Waals surface area contributed by atoms with Crippen molar-refractivity contribution < 1.29 is 17.9 Å². The van der Waals surface area contributed by atoms with Gasteiger partial charge >= 0.3 is 0 Å². The fourth-order valence-corrected chi connectivity index (χ4v) is 7.33. The molecule has 1 aliphatic carbocycles. The van der Waals surface area contributed by atoms with Crippen LogP contribution < -0.4 is 9.46 Å². The largest absolute Gasteiger partial charge is 0.490 e. The maximum absolute atomic E-state index is 12.6. The maximum atomic E-state index is 12.6. The van der Waals surface area contributed by atoms with Gasteiger partial charge in [-0.2, -0.15) is 0 Å². The number of hydrogen-bond acceptors (Lipinski definition) is 6. The number of likely N-dealkylation sites (tertiary alicyclic amines) is 1.